The van der Waals surface area contributed by atoms with Gasteiger partial charge in [0.15, 0.2) is 0 Å². The smallest absolute Gasteiger partial charge is 0.492 e. The molecular weight excluding hydrogens is 293 g/mol. The van der Waals surface area contributed by atoms with Crippen LogP contribution in [-0.4, -0.2) is 50.7 Å². The molecular formula is C17H26BNO4. The van der Waals surface area contributed by atoms with E-state index in [0.717, 1.165) is 24.4 Å². The summed E-state index contributed by atoms with van der Waals surface area (Å²) in [6.45, 7) is 11.2. The zero-order valence-corrected chi connectivity index (χ0v) is 14.4. The lowest BCUT2D eigenvalue weighted by Gasteiger charge is -2.32. The Morgan fingerprint density at radius 1 is 1.13 bits per heavy atom. The van der Waals surface area contributed by atoms with Gasteiger partial charge in [-0.3, -0.25) is 0 Å². The van der Waals surface area contributed by atoms with Crippen molar-refractivity contribution in [2.24, 2.45) is 0 Å². The van der Waals surface area contributed by atoms with E-state index < -0.39 is 0 Å². The molecule has 126 valence electrons. The fourth-order valence-electron chi connectivity index (χ4n) is 2.62. The summed E-state index contributed by atoms with van der Waals surface area (Å²) in [6.07, 6.45) is 0. The van der Waals surface area contributed by atoms with Crippen LogP contribution in [0.2, 0.25) is 0 Å². The van der Waals surface area contributed by atoms with Gasteiger partial charge in [0.2, 0.25) is 0 Å². The third-order valence-electron chi connectivity index (χ3n) is 4.86. The van der Waals surface area contributed by atoms with Crippen LogP contribution in [0.1, 0.15) is 27.7 Å². The molecule has 0 radical (unpaired) electrons. The Kier molecular flexibility index (Phi) is 4.69. The van der Waals surface area contributed by atoms with Crippen molar-refractivity contribution in [1.82, 2.24) is 5.32 Å². The van der Waals surface area contributed by atoms with E-state index in [2.05, 4.69) is 33.0 Å². The maximum absolute atomic E-state index is 6.06. The van der Waals surface area contributed by atoms with Gasteiger partial charge in [0.1, 0.15) is 12.4 Å². The van der Waals surface area contributed by atoms with E-state index in [-0.39, 0.29) is 24.4 Å². The minimum atomic E-state index is -0.331. The van der Waals surface area contributed by atoms with Gasteiger partial charge in [-0.2, -0.15) is 0 Å². The fourth-order valence-corrected chi connectivity index (χ4v) is 2.62. The van der Waals surface area contributed by atoms with Crippen LogP contribution in [0.15, 0.2) is 24.3 Å². The van der Waals surface area contributed by atoms with Crippen LogP contribution in [-0.2, 0) is 14.0 Å². The van der Waals surface area contributed by atoms with Crippen molar-refractivity contribution in [3.8, 4) is 5.75 Å². The minimum Gasteiger partial charge on any atom is -0.492 e. The molecule has 1 N–H and O–H groups in total. The van der Waals surface area contributed by atoms with Crippen molar-refractivity contribution in [3.05, 3.63) is 24.3 Å². The molecule has 0 saturated carbocycles. The molecule has 0 amide bonds. The fraction of sp³-hybridized carbons (Fsp3) is 0.647. The molecule has 2 aliphatic rings. The van der Waals surface area contributed by atoms with E-state index >= 15 is 0 Å². The highest BCUT2D eigenvalue weighted by atomic mass is 16.7. The van der Waals surface area contributed by atoms with Gasteiger partial charge in [0, 0.05) is 6.54 Å². The lowest BCUT2D eigenvalue weighted by atomic mass is 9.79. The summed E-state index contributed by atoms with van der Waals surface area (Å²) in [5.41, 5.74) is 0.369. The van der Waals surface area contributed by atoms with Crippen LogP contribution in [0.4, 0.5) is 0 Å². The standard InChI is InChI=1S/C17H26BNO4/c1-16(2)17(3,4)23-18(22-16)13-5-7-15(8-6-13)21-12-14-11-20-10-9-19-14/h5-8,14,19H,9-12H2,1-4H3/t14-/m0/s1. The van der Waals surface area contributed by atoms with Crippen molar-refractivity contribution in [1.29, 1.82) is 0 Å². The van der Waals surface area contributed by atoms with Gasteiger partial charge in [0.05, 0.1) is 30.5 Å². The highest BCUT2D eigenvalue weighted by Gasteiger charge is 2.51. The molecule has 2 heterocycles. The van der Waals surface area contributed by atoms with Crippen LogP contribution < -0.4 is 15.5 Å². The monoisotopic (exact) mass is 319 g/mol. The maximum Gasteiger partial charge on any atom is 0.494 e. The van der Waals surface area contributed by atoms with E-state index in [0.29, 0.717) is 13.2 Å². The highest BCUT2D eigenvalue weighted by molar-refractivity contribution is 6.62. The Morgan fingerprint density at radius 3 is 2.35 bits per heavy atom. The summed E-state index contributed by atoms with van der Waals surface area (Å²) < 4.78 is 23.4. The number of benzene rings is 1. The van der Waals surface area contributed by atoms with E-state index in [4.69, 9.17) is 18.8 Å². The lowest BCUT2D eigenvalue weighted by molar-refractivity contribution is 0.00578. The highest BCUT2D eigenvalue weighted by Crippen LogP contribution is 2.36. The molecule has 3 rings (SSSR count). The van der Waals surface area contributed by atoms with E-state index in [1.54, 1.807) is 0 Å². The Labute approximate surface area is 138 Å². The number of morpholine rings is 1. The second kappa shape index (κ2) is 6.44. The summed E-state index contributed by atoms with van der Waals surface area (Å²) in [4.78, 5) is 0. The first-order valence-electron chi connectivity index (χ1n) is 8.27. The molecule has 0 spiro atoms. The van der Waals surface area contributed by atoms with Crippen LogP contribution in [0, 0.1) is 0 Å². The summed E-state index contributed by atoms with van der Waals surface area (Å²) >= 11 is 0. The molecule has 23 heavy (non-hydrogen) atoms. The largest absolute Gasteiger partial charge is 0.494 e. The Hall–Kier alpha value is -1.08. The molecule has 0 aromatic heterocycles. The molecule has 2 saturated heterocycles. The first-order valence-corrected chi connectivity index (χ1v) is 8.27. The maximum atomic E-state index is 6.06. The second-order valence-electron chi connectivity index (χ2n) is 7.19. The minimum absolute atomic E-state index is 0.256. The van der Waals surface area contributed by atoms with Crippen LogP contribution in [0.25, 0.3) is 0 Å². The molecule has 5 nitrogen and oxygen atoms in total. The summed E-state index contributed by atoms with van der Waals surface area (Å²) in [5, 5.41) is 3.37. The summed E-state index contributed by atoms with van der Waals surface area (Å²) in [7, 11) is -0.331. The second-order valence-corrected chi connectivity index (χ2v) is 7.19. The number of hydrogen-bond donors (Lipinski definition) is 1. The van der Waals surface area contributed by atoms with Gasteiger partial charge in [-0.05, 0) is 45.3 Å². The van der Waals surface area contributed by atoms with Gasteiger partial charge in [-0.25, -0.2) is 0 Å². The van der Waals surface area contributed by atoms with Crippen molar-refractivity contribution in [2.45, 2.75) is 44.9 Å². The van der Waals surface area contributed by atoms with Crippen molar-refractivity contribution in [2.75, 3.05) is 26.4 Å². The van der Waals surface area contributed by atoms with Crippen LogP contribution in [0.5, 0.6) is 5.75 Å². The first kappa shape index (κ1) is 16.8. The number of rotatable bonds is 4. The zero-order valence-electron chi connectivity index (χ0n) is 14.4. The molecule has 0 bridgehead atoms. The van der Waals surface area contributed by atoms with Crippen LogP contribution in [0.3, 0.4) is 0 Å². The zero-order chi connectivity index (χ0) is 16.5. The van der Waals surface area contributed by atoms with Crippen molar-refractivity contribution in [3.63, 3.8) is 0 Å². The Morgan fingerprint density at radius 2 is 1.78 bits per heavy atom. The van der Waals surface area contributed by atoms with Crippen molar-refractivity contribution >= 4 is 12.6 Å². The number of nitrogens with one attached hydrogen (secondary N) is 1. The molecule has 0 unspecified atom stereocenters. The normalized spacial score (nSPS) is 26.3. The lowest BCUT2D eigenvalue weighted by Crippen LogP contribution is -2.44. The van der Waals surface area contributed by atoms with Gasteiger partial charge in [0.25, 0.3) is 0 Å². The van der Waals surface area contributed by atoms with Gasteiger partial charge < -0.3 is 24.1 Å². The third kappa shape index (κ3) is 3.71. The predicted octanol–water partition coefficient (Wildman–Crippen LogP) is 1.35. The molecule has 2 fully saturated rings. The van der Waals surface area contributed by atoms with Gasteiger partial charge in [-0.15, -0.1) is 0 Å². The van der Waals surface area contributed by atoms with E-state index in [9.17, 15) is 0 Å². The average Bonchev–Trinajstić information content (AvgIpc) is 2.75. The van der Waals surface area contributed by atoms with E-state index in [1.165, 1.54) is 0 Å². The van der Waals surface area contributed by atoms with Crippen molar-refractivity contribution < 1.29 is 18.8 Å². The molecule has 1 aromatic carbocycles. The molecule has 1 aromatic rings. The average molecular weight is 319 g/mol. The van der Waals surface area contributed by atoms with Gasteiger partial charge >= 0.3 is 7.12 Å². The SMILES string of the molecule is CC1(C)OB(c2ccc(OC[C@@H]3COCCN3)cc2)OC1(C)C. The number of hydrogen-bond acceptors (Lipinski definition) is 5. The topological polar surface area (TPSA) is 49.0 Å². The predicted molar refractivity (Wildman–Crippen MR) is 90.3 cm³/mol. The number of ether oxygens (including phenoxy) is 2. The molecule has 2 aliphatic heterocycles. The third-order valence-corrected chi connectivity index (χ3v) is 4.86. The first-order chi connectivity index (χ1) is 10.9. The molecule has 1 atom stereocenters. The van der Waals surface area contributed by atoms with Gasteiger partial charge in [-0.1, -0.05) is 12.1 Å². The Bertz CT molecular complexity index is 510. The summed E-state index contributed by atoms with van der Waals surface area (Å²) in [6, 6.07) is 8.19. The van der Waals surface area contributed by atoms with Crippen LogP contribution >= 0.6 is 0 Å². The molecule has 6 heteroatoms. The summed E-state index contributed by atoms with van der Waals surface area (Å²) in [5.74, 6) is 0.845. The quantitative estimate of drug-likeness (QED) is 0.849. The molecule has 0 aliphatic carbocycles. The van der Waals surface area contributed by atoms with E-state index in [1.807, 2.05) is 24.3 Å². The Balaban J connectivity index is 1.57.